The zero-order chi connectivity index (χ0) is 21.6. The van der Waals surface area contributed by atoms with E-state index in [4.69, 9.17) is 4.74 Å². The molecule has 1 N–H and O–H groups in total. The van der Waals surface area contributed by atoms with E-state index in [0.717, 1.165) is 50.5 Å². The van der Waals surface area contributed by atoms with Crippen LogP contribution in [0.3, 0.4) is 0 Å². The number of fused-ring (bicyclic) bond motifs is 1. The lowest BCUT2D eigenvalue weighted by atomic mass is 10.1. The number of rotatable bonds is 7. The molecular formula is C23H29N5O3. The van der Waals surface area contributed by atoms with E-state index in [1.165, 1.54) is 0 Å². The third-order valence-corrected chi connectivity index (χ3v) is 5.73. The molecule has 0 spiro atoms. The first kappa shape index (κ1) is 21.3. The van der Waals surface area contributed by atoms with Gasteiger partial charge >= 0.3 is 0 Å². The molecule has 2 aliphatic rings. The number of nitrogens with zero attached hydrogens (tertiary/aromatic N) is 4. The number of likely N-dealkylation sites (N-methyl/N-ethyl adjacent to an activating group) is 1. The minimum atomic E-state index is -0.0706. The lowest BCUT2D eigenvalue weighted by molar-refractivity contribution is -0.115. The van der Waals surface area contributed by atoms with E-state index < -0.39 is 0 Å². The number of hydrogen-bond donors (Lipinski definition) is 1. The van der Waals surface area contributed by atoms with E-state index in [0.29, 0.717) is 30.9 Å². The average Bonchev–Trinajstić information content (AvgIpc) is 2.79. The summed E-state index contributed by atoms with van der Waals surface area (Å²) in [5.41, 5.74) is 3.22. The van der Waals surface area contributed by atoms with Gasteiger partial charge in [0.25, 0.3) is 5.91 Å². The van der Waals surface area contributed by atoms with Gasteiger partial charge in [-0.2, -0.15) is 0 Å². The van der Waals surface area contributed by atoms with Crippen molar-refractivity contribution in [3.63, 3.8) is 0 Å². The standard InChI is InChI=1S/C23H29N5O3/c1-26-17-22(29)25-20-15-19(3-4-21(20)26)23(30)28(16-18-5-7-24-8-6-18)10-2-9-27-11-13-31-14-12-27/h3-8,15H,2,9-14,16-17H2,1H3,(H,25,29). The van der Waals surface area contributed by atoms with Gasteiger partial charge < -0.3 is 19.9 Å². The summed E-state index contributed by atoms with van der Waals surface area (Å²) in [6.45, 7) is 5.86. The van der Waals surface area contributed by atoms with Crippen LogP contribution in [0.15, 0.2) is 42.7 Å². The van der Waals surface area contributed by atoms with Crippen molar-refractivity contribution in [2.24, 2.45) is 0 Å². The van der Waals surface area contributed by atoms with Crippen molar-refractivity contribution in [3.8, 4) is 0 Å². The first-order valence-corrected chi connectivity index (χ1v) is 10.7. The largest absolute Gasteiger partial charge is 0.379 e. The highest BCUT2D eigenvalue weighted by molar-refractivity contribution is 6.03. The molecule has 2 aromatic rings. The van der Waals surface area contributed by atoms with Crippen molar-refractivity contribution in [1.82, 2.24) is 14.8 Å². The van der Waals surface area contributed by atoms with Gasteiger partial charge in [-0.05, 0) is 42.3 Å². The second kappa shape index (κ2) is 9.89. The van der Waals surface area contributed by atoms with E-state index in [2.05, 4.69) is 15.2 Å². The molecule has 8 heteroatoms. The fraction of sp³-hybridized carbons (Fsp3) is 0.435. The maximum atomic E-state index is 13.4. The summed E-state index contributed by atoms with van der Waals surface area (Å²) >= 11 is 0. The minimum absolute atomic E-state index is 0.0379. The molecule has 1 aromatic heterocycles. The number of carbonyl (C=O) groups is 2. The predicted molar refractivity (Wildman–Crippen MR) is 119 cm³/mol. The third kappa shape index (κ3) is 5.39. The molecule has 31 heavy (non-hydrogen) atoms. The Balaban J connectivity index is 1.48. The van der Waals surface area contributed by atoms with Crippen LogP contribution in [-0.4, -0.2) is 79.6 Å². The van der Waals surface area contributed by atoms with Crippen molar-refractivity contribution in [3.05, 3.63) is 53.9 Å². The Labute approximate surface area is 182 Å². The molecule has 2 aliphatic heterocycles. The Morgan fingerprint density at radius 2 is 1.97 bits per heavy atom. The van der Waals surface area contributed by atoms with Crippen LogP contribution in [0.4, 0.5) is 11.4 Å². The summed E-state index contributed by atoms with van der Waals surface area (Å²) in [5, 5.41) is 2.88. The number of hydrogen-bond acceptors (Lipinski definition) is 6. The fourth-order valence-corrected chi connectivity index (χ4v) is 4.05. The summed E-state index contributed by atoms with van der Waals surface area (Å²) in [5.74, 6) is -0.109. The molecule has 8 nitrogen and oxygen atoms in total. The summed E-state index contributed by atoms with van der Waals surface area (Å²) in [6, 6.07) is 9.40. The number of morpholine rings is 1. The quantitative estimate of drug-likeness (QED) is 0.732. The molecular weight excluding hydrogens is 394 g/mol. The first-order valence-electron chi connectivity index (χ1n) is 10.7. The molecule has 0 radical (unpaired) electrons. The smallest absolute Gasteiger partial charge is 0.254 e. The predicted octanol–water partition coefficient (Wildman–Crippen LogP) is 1.83. The SMILES string of the molecule is CN1CC(=O)Nc2cc(C(=O)N(CCCN3CCOCC3)Cc3ccncc3)ccc21. The van der Waals surface area contributed by atoms with Crippen LogP contribution in [0.2, 0.25) is 0 Å². The molecule has 1 aromatic carbocycles. The number of amides is 2. The monoisotopic (exact) mass is 423 g/mol. The Kier molecular flexibility index (Phi) is 6.79. The molecule has 0 bridgehead atoms. The van der Waals surface area contributed by atoms with Crippen LogP contribution in [0.5, 0.6) is 0 Å². The first-order chi connectivity index (χ1) is 15.1. The minimum Gasteiger partial charge on any atom is -0.379 e. The van der Waals surface area contributed by atoms with E-state index in [1.807, 2.05) is 41.1 Å². The second-order valence-electron chi connectivity index (χ2n) is 8.03. The Bertz CT molecular complexity index is 915. The molecule has 0 aliphatic carbocycles. The van der Waals surface area contributed by atoms with Gasteiger partial charge in [0.05, 0.1) is 31.1 Å². The number of ether oxygens (including phenoxy) is 1. The summed E-state index contributed by atoms with van der Waals surface area (Å²) in [4.78, 5) is 35.6. The Hall–Kier alpha value is -2.97. The van der Waals surface area contributed by atoms with Gasteiger partial charge in [0.15, 0.2) is 0 Å². The van der Waals surface area contributed by atoms with Gasteiger partial charge in [-0.25, -0.2) is 0 Å². The van der Waals surface area contributed by atoms with Gasteiger partial charge in [0, 0.05) is 57.7 Å². The maximum absolute atomic E-state index is 13.4. The third-order valence-electron chi connectivity index (χ3n) is 5.73. The van der Waals surface area contributed by atoms with Crippen molar-refractivity contribution in [2.45, 2.75) is 13.0 Å². The van der Waals surface area contributed by atoms with Crippen molar-refractivity contribution < 1.29 is 14.3 Å². The Morgan fingerprint density at radius 1 is 1.19 bits per heavy atom. The van der Waals surface area contributed by atoms with E-state index in [1.54, 1.807) is 18.5 Å². The van der Waals surface area contributed by atoms with Crippen LogP contribution >= 0.6 is 0 Å². The van der Waals surface area contributed by atoms with Crippen LogP contribution in [0.1, 0.15) is 22.3 Å². The van der Waals surface area contributed by atoms with Gasteiger partial charge in [-0.3, -0.25) is 19.5 Å². The maximum Gasteiger partial charge on any atom is 0.254 e. The average molecular weight is 424 g/mol. The molecule has 1 saturated heterocycles. The molecule has 3 heterocycles. The number of aromatic nitrogens is 1. The summed E-state index contributed by atoms with van der Waals surface area (Å²) < 4.78 is 5.42. The molecule has 0 saturated carbocycles. The van der Waals surface area contributed by atoms with Gasteiger partial charge in [0.2, 0.25) is 5.91 Å². The number of anilines is 2. The van der Waals surface area contributed by atoms with Crippen molar-refractivity contribution in [1.29, 1.82) is 0 Å². The molecule has 2 amide bonds. The summed E-state index contributed by atoms with van der Waals surface area (Å²) in [6.07, 6.45) is 4.38. The molecule has 0 unspecified atom stereocenters. The summed E-state index contributed by atoms with van der Waals surface area (Å²) in [7, 11) is 1.88. The normalized spacial score (nSPS) is 16.5. The lowest BCUT2D eigenvalue weighted by Crippen LogP contribution is -2.39. The van der Waals surface area contributed by atoms with E-state index >= 15 is 0 Å². The van der Waals surface area contributed by atoms with Gasteiger partial charge in [-0.15, -0.1) is 0 Å². The zero-order valence-corrected chi connectivity index (χ0v) is 17.9. The zero-order valence-electron chi connectivity index (χ0n) is 17.9. The van der Waals surface area contributed by atoms with Gasteiger partial charge in [0.1, 0.15) is 0 Å². The van der Waals surface area contributed by atoms with E-state index in [-0.39, 0.29) is 11.8 Å². The molecule has 164 valence electrons. The molecule has 1 fully saturated rings. The van der Waals surface area contributed by atoms with Crippen LogP contribution in [-0.2, 0) is 16.1 Å². The highest BCUT2D eigenvalue weighted by Gasteiger charge is 2.23. The molecule has 0 atom stereocenters. The fourth-order valence-electron chi connectivity index (χ4n) is 4.05. The number of benzene rings is 1. The van der Waals surface area contributed by atoms with Crippen LogP contribution < -0.4 is 10.2 Å². The Morgan fingerprint density at radius 3 is 2.74 bits per heavy atom. The second-order valence-corrected chi connectivity index (χ2v) is 8.03. The van der Waals surface area contributed by atoms with Crippen molar-refractivity contribution in [2.75, 3.05) is 63.2 Å². The van der Waals surface area contributed by atoms with Crippen LogP contribution in [0, 0.1) is 0 Å². The van der Waals surface area contributed by atoms with Crippen molar-refractivity contribution >= 4 is 23.2 Å². The lowest BCUT2D eigenvalue weighted by Gasteiger charge is -2.29. The number of nitrogens with one attached hydrogen (secondary N) is 1. The molecule has 4 rings (SSSR count). The van der Waals surface area contributed by atoms with E-state index in [9.17, 15) is 9.59 Å². The number of carbonyl (C=O) groups excluding carboxylic acids is 2. The number of pyridine rings is 1. The highest BCUT2D eigenvalue weighted by Crippen LogP contribution is 2.30. The van der Waals surface area contributed by atoms with Gasteiger partial charge in [-0.1, -0.05) is 0 Å². The topological polar surface area (TPSA) is 78.0 Å². The highest BCUT2D eigenvalue weighted by atomic mass is 16.5. The van der Waals surface area contributed by atoms with Crippen LogP contribution in [0.25, 0.3) is 0 Å².